The summed E-state index contributed by atoms with van der Waals surface area (Å²) >= 11 is 0. The van der Waals surface area contributed by atoms with Crippen molar-refractivity contribution in [2.75, 3.05) is 5.43 Å². The fourth-order valence-corrected chi connectivity index (χ4v) is 3.72. The van der Waals surface area contributed by atoms with Gasteiger partial charge in [-0.2, -0.15) is 5.10 Å². The van der Waals surface area contributed by atoms with Crippen molar-refractivity contribution >= 4 is 33.7 Å². The highest BCUT2D eigenvalue weighted by Gasteiger charge is 2.06. The van der Waals surface area contributed by atoms with Gasteiger partial charge in [-0.3, -0.25) is 0 Å². The first kappa shape index (κ1) is 18.0. The highest BCUT2D eigenvalue weighted by molar-refractivity contribution is 6.13. The summed E-state index contributed by atoms with van der Waals surface area (Å²) in [7, 11) is 0. The summed E-state index contributed by atoms with van der Waals surface area (Å²) in [5.41, 5.74) is 6.91. The summed E-state index contributed by atoms with van der Waals surface area (Å²) in [6, 6.07) is 31.0. The number of aryl methyl sites for hydroxylation is 1. The lowest BCUT2D eigenvalue weighted by atomic mass is 9.97. The Hall–Kier alpha value is -4.05. The molecule has 0 bridgehead atoms. The molecule has 0 atom stereocenters. The molecule has 1 N–H and O–H groups in total. The summed E-state index contributed by atoms with van der Waals surface area (Å²) in [5, 5.41) is 9.20. The Kier molecular flexibility index (Phi) is 4.66. The van der Waals surface area contributed by atoms with E-state index in [9.17, 15) is 0 Å². The molecule has 30 heavy (non-hydrogen) atoms. The number of aromatic nitrogens is 2. The first-order valence-electron chi connectivity index (χ1n) is 9.88. The van der Waals surface area contributed by atoms with E-state index in [1.54, 1.807) is 0 Å². The van der Waals surface area contributed by atoms with Crippen molar-refractivity contribution in [1.29, 1.82) is 0 Å². The van der Waals surface area contributed by atoms with Crippen LogP contribution in [-0.4, -0.2) is 16.2 Å². The molecule has 1 heterocycles. The van der Waals surface area contributed by atoms with Gasteiger partial charge in [-0.25, -0.2) is 15.4 Å². The molecular weight excluding hydrogens is 368 g/mol. The average Bonchev–Trinajstić information content (AvgIpc) is 2.79. The highest BCUT2D eigenvalue weighted by Crippen LogP contribution is 2.27. The zero-order valence-corrected chi connectivity index (χ0v) is 16.6. The van der Waals surface area contributed by atoms with Crippen molar-refractivity contribution in [1.82, 2.24) is 9.97 Å². The monoisotopic (exact) mass is 388 g/mol. The minimum Gasteiger partial charge on any atom is -0.245 e. The fourth-order valence-electron chi connectivity index (χ4n) is 3.72. The Bertz CT molecular complexity index is 1320. The van der Waals surface area contributed by atoms with Crippen molar-refractivity contribution in [2.45, 2.75) is 6.92 Å². The van der Waals surface area contributed by atoms with Crippen molar-refractivity contribution in [3.63, 3.8) is 0 Å². The molecule has 144 valence electrons. The van der Waals surface area contributed by atoms with Crippen molar-refractivity contribution < 1.29 is 0 Å². The number of fused-ring (bicyclic) bond motifs is 2. The minimum absolute atomic E-state index is 0.481. The van der Waals surface area contributed by atoms with E-state index in [2.05, 4.69) is 75.1 Å². The first-order chi connectivity index (χ1) is 14.8. The second kappa shape index (κ2) is 7.76. The summed E-state index contributed by atoms with van der Waals surface area (Å²) in [4.78, 5) is 9.10. The molecule has 0 radical (unpaired) electrons. The number of benzene rings is 4. The molecular formula is C26H20N4. The second-order valence-corrected chi connectivity index (χ2v) is 7.19. The molecule has 4 aromatic carbocycles. The van der Waals surface area contributed by atoms with Crippen LogP contribution in [0.1, 0.15) is 11.3 Å². The van der Waals surface area contributed by atoms with Gasteiger partial charge in [-0.05, 0) is 40.6 Å². The fraction of sp³-hybridized carbons (Fsp3) is 0.0385. The molecule has 0 amide bonds. The number of hydrogen-bond acceptors (Lipinski definition) is 4. The normalized spacial score (nSPS) is 11.4. The van der Waals surface area contributed by atoms with Gasteiger partial charge in [-0.15, -0.1) is 0 Å². The van der Waals surface area contributed by atoms with Crippen LogP contribution >= 0.6 is 0 Å². The Morgan fingerprint density at radius 1 is 0.733 bits per heavy atom. The molecule has 5 aromatic rings. The number of hydrogen-bond donors (Lipinski definition) is 1. The van der Waals surface area contributed by atoms with Crippen LogP contribution in [0.5, 0.6) is 0 Å². The maximum Gasteiger partial charge on any atom is 0.244 e. The minimum atomic E-state index is 0.481. The van der Waals surface area contributed by atoms with Crippen LogP contribution in [0.4, 0.5) is 5.95 Å². The number of rotatable bonds is 4. The molecule has 5 rings (SSSR count). The van der Waals surface area contributed by atoms with E-state index in [0.717, 1.165) is 33.3 Å². The molecule has 0 fully saturated rings. The number of nitrogens with zero attached hydrogens (tertiary/aromatic N) is 3. The molecule has 0 saturated carbocycles. The van der Waals surface area contributed by atoms with E-state index >= 15 is 0 Å². The van der Waals surface area contributed by atoms with Crippen LogP contribution in [-0.2, 0) is 0 Å². The Morgan fingerprint density at radius 3 is 2.07 bits per heavy atom. The lowest BCUT2D eigenvalue weighted by Gasteiger charge is -2.08. The van der Waals surface area contributed by atoms with E-state index in [1.807, 2.05) is 49.5 Å². The van der Waals surface area contributed by atoms with Gasteiger partial charge in [-0.1, -0.05) is 78.9 Å². The molecule has 0 aliphatic carbocycles. The van der Waals surface area contributed by atoms with E-state index in [0.29, 0.717) is 5.95 Å². The zero-order chi connectivity index (χ0) is 20.3. The number of hydrazone groups is 1. The molecule has 4 heteroatoms. The molecule has 1 aromatic heterocycles. The number of anilines is 1. The largest absolute Gasteiger partial charge is 0.245 e. The average molecular weight is 388 g/mol. The smallest absolute Gasteiger partial charge is 0.244 e. The van der Waals surface area contributed by atoms with E-state index < -0.39 is 0 Å². The summed E-state index contributed by atoms with van der Waals surface area (Å²) < 4.78 is 0. The topological polar surface area (TPSA) is 50.2 Å². The van der Waals surface area contributed by atoms with E-state index in [-0.39, 0.29) is 0 Å². The molecule has 4 nitrogen and oxygen atoms in total. The van der Waals surface area contributed by atoms with Gasteiger partial charge in [0.25, 0.3) is 0 Å². The predicted molar refractivity (Wildman–Crippen MR) is 125 cm³/mol. The van der Waals surface area contributed by atoms with Crippen LogP contribution in [0, 0.1) is 6.92 Å². The van der Waals surface area contributed by atoms with Gasteiger partial charge in [0.05, 0.1) is 11.9 Å². The maximum absolute atomic E-state index is 4.62. The SMILES string of the molecule is Cc1cc(-c2ccccc2)nc(N/N=C\c2c3ccccc3cc3ccccc23)n1. The van der Waals surface area contributed by atoms with Crippen LogP contribution in [0.15, 0.2) is 96.1 Å². The third-order valence-electron chi connectivity index (χ3n) is 5.09. The van der Waals surface area contributed by atoms with Crippen LogP contribution < -0.4 is 5.43 Å². The van der Waals surface area contributed by atoms with Gasteiger partial charge in [0, 0.05) is 16.8 Å². The van der Waals surface area contributed by atoms with Crippen molar-refractivity contribution in [2.24, 2.45) is 5.10 Å². The molecule has 0 unspecified atom stereocenters. The lowest BCUT2D eigenvalue weighted by molar-refractivity contribution is 1.08. The molecule has 0 saturated heterocycles. The van der Waals surface area contributed by atoms with Crippen molar-refractivity contribution in [3.05, 3.63) is 102 Å². The third-order valence-corrected chi connectivity index (χ3v) is 5.09. The summed E-state index contributed by atoms with van der Waals surface area (Å²) in [6.45, 7) is 1.96. The van der Waals surface area contributed by atoms with Crippen LogP contribution in [0.25, 0.3) is 32.8 Å². The molecule has 0 aliphatic heterocycles. The van der Waals surface area contributed by atoms with Gasteiger partial charge in [0.15, 0.2) is 0 Å². The zero-order valence-electron chi connectivity index (χ0n) is 16.6. The van der Waals surface area contributed by atoms with Crippen LogP contribution in [0.3, 0.4) is 0 Å². The van der Waals surface area contributed by atoms with Gasteiger partial charge < -0.3 is 0 Å². The quantitative estimate of drug-likeness (QED) is 0.226. The van der Waals surface area contributed by atoms with Gasteiger partial charge in [0.2, 0.25) is 5.95 Å². The van der Waals surface area contributed by atoms with Crippen LogP contribution in [0.2, 0.25) is 0 Å². The first-order valence-corrected chi connectivity index (χ1v) is 9.88. The lowest BCUT2D eigenvalue weighted by Crippen LogP contribution is -2.00. The molecule has 0 spiro atoms. The Labute approximate surface area is 174 Å². The van der Waals surface area contributed by atoms with Gasteiger partial charge >= 0.3 is 0 Å². The van der Waals surface area contributed by atoms with E-state index in [4.69, 9.17) is 0 Å². The third kappa shape index (κ3) is 3.51. The van der Waals surface area contributed by atoms with Crippen molar-refractivity contribution in [3.8, 4) is 11.3 Å². The molecule has 0 aliphatic rings. The van der Waals surface area contributed by atoms with Gasteiger partial charge in [0.1, 0.15) is 0 Å². The van der Waals surface area contributed by atoms with E-state index in [1.165, 1.54) is 10.8 Å². The Morgan fingerprint density at radius 2 is 1.37 bits per heavy atom. The maximum atomic E-state index is 4.62. The summed E-state index contributed by atoms with van der Waals surface area (Å²) in [5.74, 6) is 0.481. The number of nitrogens with one attached hydrogen (secondary N) is 1. The Balaban J connectivity index is 1.52. The second-order valence-electron chi connectivity index (χ2n) is 7.19. The highest BCUT2D eigenvalue weighted by atomic mass is 15.3. The predicted octanol–water partition coefficient (Wildman–Crippen LogP) is 6.20. The standard InChI is InChI=1S/C26H20N4/c1-18-15-25(19-9-3-2-4-10-19)29-26(28-18)30-27-17-24-22-13-7-5-11-20(22)16-21-12-6-8-14-23(21)24/h2-17H,1H3,(H,28,29,30)/b27-17-. The summed E-state index contributed by atoms with van der Waals surface area (Å²) in [6.07, 6.45) is 1.86.